The van der Waals surface area contributed by atoms with Crippen LogP contribution in [0.1, 0.15) is 12.5 Å². The number of rotatable bonds is 3. The Morgan fingerprint density at radius 2 is 2.27 bits per heavy atom. The van der Waals surface area contributed by atoms with Gasteiger partial charge in [0.25, 0.3) is 0 Å². The van der Waals surface area contributed by atoms with Crippen LogP contribution >= 0.6 is 11.8 Å². The molecule has 0 N–H and O–H groups in total. The van der Waals surface area contributed by atoms with E-state index in [0.717, 1.165) is 5.56 Å². The Bertz CT molecular complexity index is 630. The van der Waals surface area contributed by atoms with E-state index in [2.05, 4.69) is 20.5 Å². The maximum atomic E-state index is 12.4. The average molecular weight is 322 g/mol. The molecule has 0 aliphatic carbocycles. The van der Waals surface area contributed by atoms with Gasteiger partial charge in [-0.15, -0.1) is 5.10 Å². The third-order valence-corrected chi connectivity index (χ3v) is 3.95. The van der Waals surface area contributed by atoms with Crippen molar-refractivity contribution in [3.05, 3.63) is 30.2 Å². The molecule has 3 rings (SSSR count). The lowest BCUT2D eigenvalue weighted by molar-refractivity contribution is -0.134. The van der Waals surface area contributed by atoms with Crippen molar-refractivity contribution in [3.8, 4) is 5.82 Å². The van der Waals surface area contributed by atoms with E-state index in [0.29, 0.717) is 31.9 Å². The molecule has 1 fully saturated rings. The number of tetrazole rings is 1. The standard InChI is InChI=1S/C13H16ClN7O/c1-10-8-19(14)4-5-20(10)13(22)6-11-2-3-12(15-7-11)21-9-16-17-18-21/h2-3,7,9-10H,4-6,8H2,1H3/t10-/m0/s1. The highest BCUT2D eigenvalue weighted by Crippen LogP contribution is 2.13. The van der Waals surface area contributed by atoms with Crippen molar-refractivity contribution in [3.63, 3.8) is 0 Å². The van der Waals surface area contributed by atoms with Crippen LogP contribution in [-0.2, 0) is 11.2 Å². The fourth-order valence-electron chi connectivity index (χ4n) is 2.48. The molecule has 3 heterocycles. The fourth-order valence-corrected chi connectivity index (χ4v) is 2.76. The highest BCUT2D eigenvalue weighted by molar-refractivity contribution is 6.13. The SMILES string of the molecule is C[C@H]1CN(Cl)CCN1C(=O)Cc1ccc(-n2cnnn2)nc1. The summed E-state index contributed by atoms with van der Waals surface area (Å²) in [7, 11) is 0. The number of carbonyl (C=O) groups is 1. The van der Waals surface area contributed by atoms with Crippen molar-refractivity contribution >= 4 is 17.7 Å². The molecule has 1 aliphatic heterocycles. The molecule has 1 amide bonds. The van der Waals surface area contributed by atoms with Crippen LogP contribution in [0.25, 0.3) is 5.82 Å². The van der Waals surface area contributed by atoms with E-state index >= 15 is 0 Å². The smallest absolute Gasteiger partial charge is 0.227 e. The average Bonchev–Trinajstić information content (AvgIpc) is 3.02. The van der Waals surface area contributed by atoms with E-state index in [4.69, 9.17) is 11.8 Å². The van der Waals surface area contributed by atoms with Gasteiger partial charge < -0.3 is 4.90 Å². The largest absolute Gasteiger partial charge is 0.337 e. The molecular weight excluding hydrogens is 306 g/mol. The normalized spacial score (nSPS) is 19.4. The number of hydrogen-bond acceptors (Lipinski definition) is 6. The highest BCUT2D eigenvalue weighted by Gasteiger charge is 2.26. The van der Waals surface area contributed by atoms with E-state index < -0.39 is 0 Å². The maximum absolute atomic E-state index is 12.4. The van der Waals surface area contributed by atoms with E-state index in [1.807, 2.05) is 17.9 Å². The van der Waals surface area contributed by atoms with Gasteiger partial charge in [0, 0.05) is 31.9 Å². The molecule has 1 saturated heterocycles. The van der Waals surface area contributed by atoms with Gasteiger partial charge in [0.1, 0.15) is 6.33 Å². The second-order valence-electron chi connectivity index (χ2n) is 5.26. The number of nitrogens with zero attached hydrogens (tertiary/aromatic N) is 7. The minimum absolute atomic E-state index is 0.0919. The Kier molecular flexibility index (Phi) is 4.30. The molecule has 2 aromatic rings. The summed E-state index contributed by atoms with van der Waals surface area (Å²) in [4.78, 5) is 18.5. The summed E-state index contributed by atoms with van der Waals surface area (Å²) in [5.41, 5.74) is 0.863. The summed E-state index contributed by atoms with van der Waals surface area (Å²) >= 11 is 5.97. The second-order valence-corrected chi connectivity index (χ2v) is 5.74. The lowest BCUT2D eigenvalue weighted by Crippen LogP contribution is -2.51. The Hall–Kier alpha value is -2.06. The quantitative estimate of drug-likeness (QED) is 0.756. The zero-order valence-corrected chi connectivity index (χ0v) is 12.9. The van der Waals surface area contributed by atoms with Crippen LogP contribution in [0.4, 0.5) is 0 Å². The van der Waals surface area contributed by atoms with Crippen LogP contribution in [0.2, 0.25) is 0 Å². The summed E-state index contributed by atoms with van der Waals surface area (Å²) in [6.45, 7) is 4.03. The van der Waals surface area contributed by atoms with Gasteiger partial charge in [-0.25, -0.2) is 9.40 Å². The maximum Gasteiger partial charge on any atom is 0.227 e. The number of aromatic nitrogens is 5. The molecule has 1 aliphatic rings. The molecule has 0 bridgehead atoms. The molecule has 8 nitrogen and oxygen atoms in total. The Morgan fingerprint density at radius 1 is 1.41 bits per heavy atom. The van der Waals surface area contributed by atoms with Crippen LogP contribution in [-0.4, -0.2) is 66.1 Å². The van der Waals surface area contributed by atoms with Crippen LogP contribution in [0.15, 0.2) is 24.7 Å². The van der Waals surface area contributed by atoms with Crippen LogP contribution in [0, 0.1) is 0 Å². The Balaban J connectivity index is 1.64. The summed E-state index contributed by atoms with van der Waals surface area (Å²) in [5.74, 6) is 0.708. The van der Waals surface area contributed by atoms with Gasteiger partial charge in [0.15, 0.2) is 5.82 Å². The third-order valence-electron chi connectivity index (χ3n) is 3.65. The minimum Gasteiger partial charge on any atom is -0.337 e. The van der Waals surface area contributed by atoms with Gasteiger partial charge in [0.2, 0.25) is 5.91 Å². The minimum atomic E-state index is 0.0919. The van der Waals surface area contributed by atoms with Crippen molar-refractivity contribution in [2.45, 2.75) is 19.4 Å². The van der Waals surface area contributed by atoms with Gasteiger partial charge in [-0.1, -0.05) is 6.07 Å². The molecule has 0 aromatic carbocycles. The predicted octanol–water partition coefficient (Wildman–Crippen LogP) is 0.286. The van der Waals surface area contributed by atoms with Gasteiger partial charge >= 0.3 is 0 Å². The van der Waals surface area contributed by atoms with Crippen molar-refractivity contribution in [2.75, 3.05) is 19.6 Å². The van der Waals surface area contributed by atoms with Gasteiger partial charge in [-0.3, -0.25) is 4.79 Å². The van der Waals surface area contributed by atoms with Crippen molar-refractivity contribution in [1.82, 2.24) is 34.5 Å². The monoisotopic (exact) mass is 321 g/mol. The third kappa shape index (κ3) is 3.23. The van der Waals surface area contributed by atoms with Crippen molar-refractivity contribution in [1.29, 1.82) is 0 Å². The lowest BCUT2D eigenvalue weighted by Gasteiger charge is -2.36. The number of hydrogen-bond donors (Lipinski definition) is 0. The van der Waals surface area contributed by atoms with Gasteiger partial charge in [-0.2, -0.15) is 4.68 Å². The number of piperazine rings is 1. The Labute approximate surface area is 132 Å². The molecule has 1 atom stereocenters. The van der Waals surface area contributed by atoms with Gasteiger partial charge in [0.05, 0.1) is 6.42 Å². The molecular formula is C13H16ClN7O. The molecule has 116 valence electrons. The first-order valence-corrected chi connectivity index (χ1v) is 7.36. The summed E-state index contributed by atoms with van der Waals surface area (Å²) in [6.07, 6.45) is 3.48. The van der Waals surface area contributed by atoms with E-state index in [9.17, 15) is 4.79 Å². The van der Waals surface area contributed by atoms with Crippen LogP contribution in [0.3, 0.4) is 0 Å². The Morgan fingerprint density at radius 3 is 2.91 bits per heavy atom. The molecule has 0 radical (unpaired) electrons. The molecule has 2 aromatic heterocycles. The first-order chi connectivity index (χ1) is 10.6. The summed E-state index contributed by atoms with van der Waals surface area (Å²) in [6, 6.07) is 3.77. The molecule has 22 heavy (non-hydrogen) atoms. The predicted molar refractivity (Wildman–Crippen MR) is 79.3 cm³/mol. The van der Waals surface area contributed by atoms with Crippen molar-refractivity contribution < 1.29 is 4.79 Å². The topological polar surface area (TPSA) is 80.0 Å². The molecule has 0 spiro atoms. The molecule has 0 saturated carbocycles. The lowest BCUT2D eigenvalue weighted by atomic mass is 10.1. The number of halogens is 1. The van der Waals surface area contributed by atoms with Crippen LogP contribution in [0.5, 0.6) is 0 Å². The zero-order valence-electron chi connectivity index (χ0n) is 12.1. The highest BCUT2D eigenvalue weighted by atomic mass is 35.5. The van der Waals surface area contributed by atoms with E-state index in [1.165, 1.54) is 11.0 Å². The van der Waals surface area contributed by atoms with Crippen LogP contribution < -0.4 is 0 Å². The second kappa shape index (κ2) is 6.37. The van der Waals surface area contributed by atoms with E-state index in [-0.39, 0.29) is 11.9 Å². The molecule has 0 unspecified atom stereocenters. The number of carbonyl (C=O) groups excluding carboxylic acids is 1. The fraction of sp³-hybridized carbons (Fsp3) is 0.462. The van der Waals surface area contributed by atoms with Gasteiger partial charge in [-0.05, 0) is 40.8 Å². The van der Waals surface area contributed by atoms with Crippen molar-refractivity contribution in [2.24, 2.45) is 0 Å². The van der Waals surface area contributed by atoms with E-state index in [1.54, 1.807) is 16.7 Å². The zero-order chi connectivity index (χ0) is 15.5. The summed E-state index contributed by atoms with van der Waals surface area (Å²) in [5, 5.41) is 10.9. The number of amides is 1. The first kappa shape index (κ1) is 14.9. The number of pyridine rings is 1. The summed E-state index contributed by atoms with van der Waals surface area (Å²) < 4.78 is 3.18. The first-order valence-electron chi connectivity index (χ1n) is 7.02. The molecule has 9 heteroatoms.